The third kappa shape index (κ3) is 1.92. The Morgan fingerprint density at radius 1 is 1.56 bits per heavy atom. The van der Waals surface area contributed by atoms with Gasteiger partial charge in [0.15, 0.2) is 0 Å². The Morgan fingerprint density at radius 2 is 2.31 bits per heavy atom. The molecule has 0 bridgehead atoms. The van der Waals surface area contributed by atoms with Gasteiger partial charge in [-0.1, -0.05) is 0 Å². The van der Waals surface area contributed by atoms with Crippen molar-refractivity contribution in [2.45, 2.75) is 6.04 Å². The Labute approximate surface area is 94.3 Å². The molecule has 0 unspecified atom stereocenters. The zero-order valence-electron chi connectivity index (χ0n) is 8.35. The van der Waals surface area contributed by atoms with Crippen LogP contribution in [0.3, 0.4) is 0 Å². The van der Waals surface area contributed by atoms with Gasteiger partial charge in [0.1, 0.15) is 0 Å². The molecule has 0 saturated carbocycles. The summed E-state index contributed by atoms with van der Waals surface area (Å²) < 4.78 is 14.2. The number of rotatable bonds is 2. The molecule has 0 amide bonds. The minimum atomic E-state index is -1.01. The molecule has 5 nitrogen and oxygen atoms in total. The molecular formula is C9H11FN2O3S. The summed E-state index contributed by atoms with van der Waals surface area (Å²) in [6.45, 7) is -0.0507. The van der Waals surface area contributed by atoms with Crippen LogP contribution in [0.15, 0.2) is 15.8 Å². The van der Waals surface area contributed by atoms with E-state index in [9.17, 15) is 14.0 Å². The van der Waals surface area contributed by atoms with Crippen molar-refractivity contribution < 1.29 is 9.50 Å². The second kappa shape index (κ2) is 4.42. The highest BCUT2D eigenvalue weighted by Gasteiger charge is 2.29. The van der Waals surface area contributed by atoms with E-state index in [1.54, 1.807) is 11.8 Å². The summed E-state index contributed by atoms with van der Waals surface area (Å²) in [4.78, 5) is 24.3. The molecule has 2 rings (SSSR count). The van der Waals surface area contributed by atoms with E-state index in [2.05, 4.69) is 0 Å². The lowest BCUT2D eigenvalue weighted by molar-refractivity contribution is 0.205. The Kier molecular flexibility index (Phi) is 3.15. The number of hydrogen-bond acceptors (Lipinski definition) is 4. The molecule has 16 heavy (non-hydrogen) atoms. The first-order chi connectivity index (χ1) is 7.63. The second-order valence-corrected chi connectivity index (χ2v) is 4.77. The summed E-state index contributed by atoms with van der Waals surface area (Å²) in [5, 5.41) is 9.12. The standard InChI is InChI=1S/C9H11FN2O3S/c10-6-1-12(9(15)11-8(6)14)7-4-16-3-5(7)2-13/h1,5,7,13H,2-4H2,(H,11,14,15)/t5-,7+/m0/s1. The summed E-state index contributed by atoms with van der Waals surface area (Å²) >= 11 is 1.59. The van der Waals surface area contributed by atoms with Gasteiger partial charge in [0.05, 0.1) is 12.2 Å². The van der Waals surface area contributed by atoms with E-state index < -0.39 is 17.1 Å². The minimum absolute atomic E-state index is 0.0507. The molecule has 1 aliphatic rings. The average molecular weight is 246 g/mol. The molecule has 1 saturated heterocycles. The van der Waals surface area contributed by atoms with Gasteiger partial charge in [-0.05, 0) is 0 Å². The number of hydrogen-bond donors (Lipinski definition) is 2. The lowest BCUT2D eigenvalue weighted by Crippen LogP contribution is -2.36. The number of thioether (sulfide) groups is 1. The van der Waals surface area contributed by atoms with Crippen LogP contribution in [0.2, 0.25) is 0 Å². The van der Waals surface area contributed by atoms with Gasteiger partial charge >= 0.3 is 5.69 Å². The van der Waals surface area contributed by atoms with Crippen LogP contribution in [0.5, 0.6) is 0 Å². The average Bonchev–Trinajstić information content (AvgIpc) is 2.71. The van der Waals surface area contributed by atoms with Crippen molar-refractivity contribution in [1.82, 2.24) is 9.55 Å². The first-order valence-electron chi connectivity index (χ1n) is 4.83. The van der Waals surface area contributed by atoms with Gasteiger partial charge in [-0.2, -0.15) is 16.2 Å². The molecule has 1 aliphatic heterocycles. The van der Waals surface area contributed by atoms with Crippen LogP contribution in [0.25, 0.3) is 0 Å². The molecule has 0 aromatic carbocycles. The molecule has 1 aromatic heterocycles. The Bertz CT molecular complexity index is 498. The van der Waals surface area contributed by atoms with Gasteiger partial charge in [0.25, 0.3) is 5.56 Å². The number of aliphatic hydroxyl groups excluding tert-OH is 1. The van der Waals surface area contributed by atoms with Gasteiger partial charge in [-0.25, -0.2) is 4.79 Å². The Hall–Kier alpha value is -1.08. The van der Waals surface area contributed by atoms with Crippen molar-refractivity contribution in [3.8, 4) is 0 Å². The van der Waals surface area contributed by atoms with Crippen molar-refractivity contribution in [2.75, 3.05) is 18.1 Å². The molecule has 7 heteroatoms. The van der Waals surface area contributed by atoms with E-state index in [0.29, 0.717) is 5.75 Å². The monoisotopic (exact) mass is 246 g/mol. The molecule has 2 N–H and O–H groups in total. The highest BCUT2D eigenvalue weighted by Crippen LogP contribution is 2.32. The molecule has 0 spiro atoms. The normalized spacial score (nSPS) is 24.9. The van der Waals surface area contributed by atoms with Crippen molar-refractivity contribution in [1.29, 1.82) is 0 Å². The molecule has 0 aliphatic carbocycles. The predicted molar refractivity (Wildman–Crippen MR) is 58.2 cm³/mol. The summed E-state index contributed by atoms with van der Waals surface area (Å²) in [6, 6.07) is -0.256. The number of aliphatic hydroxyl groups is 1. The number of aromatic nitrogens is 2. The van der Waals surface area contributed by atoms with Crippen molar-refractivity contribution in [3.05, 3.63) is 32.9 Å². The maximum absolute atomic E-state index is 13.1. The maximum Gasteiger partial charge on any atom is 0.328 e. The number of aromatic amines is 1. The van der Waals surface area contributed by atoms with E-state index >= 15 is 0 Å². The zero-order chi connectivity index (χ0) is 11.7. The number of nitrogens with one attached hydrogen (secondary N) is 1. The fourth-order valence-corrected chi connectivity index (χ4v) is 3.22. The van der Waals surface area contributed by atoms with Crippen molar-refractivity contribution in [3.63, 3.8) is 0 Å². The maximum atomic E-state index is 13.1. The molecule has 2 heterocycles. The van der Waals surface area contributed by atoms with E-state index in [0.717, 1.165) is 16.5 Å². The van der Waals surface area contributed by atoms with Gasteiger partial charge in [-0.15, -0.1) is 0 Å². The zero-order valence-corrected chi connectivity index (χ0v) is 9.17. The topological polar surface area (TPSA) is 75.1 Å². The summed E-state index contributed by atoms with van der Waals surface area (Å²) in [6.07, 6.45) is 0.917. The second-order valence-electron chi connectivity index (χ2n) is 3.69. The van der Waals surface area contributed by atoms with E-state index in [1.165, 1.54) is 0 Å². The molecule has 0 radical (unpaired) electrons. The summed E-state index contributed by atoms with van der Waals surface area (Å²) in [5.74, 6) is 0.312. The minimum Gasteiger partial charge on any atom is -0.396 e. The first-order valence-corrected chi connectivity index (χ1v) is 5.98. The van der Waals surface area contributed by atoms with E-state index in [1.807, 2.05) is 4.98 Å². The lowest BCUT2D eigenvalue weighted by atomic mass is 10.1. The fraction of sp³-hybridized carbons (Fsp3) is 0.556. The molecule has 2 atom stereocenters. The SMILES string of the molecule is O=c1[nH]c(=O)n([C@@H]2CSC[C@@H]2CO)cc1F. The van der Waals surface area contributed by atoms with Crippen LogP contribution in [0, 0.1) is 11.7 Å². The molecule has 88 valence electrons. The largest absolute Gasteiger partial charge is 0.396 e. The van der Waals surface area contributed by atoms with Crippen LogP contribution < -0.4 is 11.2 Å². The van der Waals surface area contributed by atoms with Crippen LogP contribution in [-0.4, -0.2) is 32.8 Å². The Morgan fingerprint density at radius 3 is 3.00 bits per heavy atom. The third-order valence-corrected chi connectivity index (χ3v) is 3.92. The first kappa shape index (κ1) is 11.4. The predicted octanol–water partition coefficient (Wildman–Crippen LogP) is -0.428. The molecule has 1 aromatic rings. The van der Waals surface area contributed by atoms with Crippen LogP contribution >= 0.6 is 11.8 Å². The van der Waals surface area contributed by atoms with Crippen LogP contribution in [0.4, 0.5) is 4.39 Å². The lowest BCUT2D eigenvalue weighted by Gasteiger charge is -2.18. The van der Waals surface area contributed by atoms with E-state index in [4.69, 9.17) is 5.11 Å². The van der Waals surface area contributed by atoms with Gasteiger partial charge in [0.2, 0.25) is 5.82 Å². The highest BCUT2D eigenvalue weighted by atomic mass is 32.2. The van der Waals surface area contributed by atoms with Gasteiger partial charge in [-0.3, -0.25) is 14.3 Å². The Balaban J connectivity index is 2.44. The number of nitrogens with zero attached hydrogens (tertiary/aromatic N) is 1. The molecular weight excluding hydrogens is 235 g/mol. The van der Waals surface area contributed by atoms with Gasteiger partial charge in [0, 0.05) is 24.0 Å². The van der Waals surface area contributed by atoms with E-state index in [-0.39, 0.29) is 18.6 Å². The fourth-order valence-electron chi connectivity index (χ4n) is 1.78. The van der Waals surface area contributed by atoms with Crippen LogP contribution in [-0.2, 0) is 0 Å². The quantitative estimate of drug-likeness (QED) is 0.742. The number of H-pyrrole nitrogens is 1. The summed E-state index contributed by atoms with van der Waals surface area (Å²) in [5.41, 5.74) is -1.63. The third-order valence-electron chi connectivity index (χ3n) is 2.68. The number of halogens is 1. The van der Waals surface area contributed by atoms with Crippen LogP contribution in [0.1, 0.15) is 6.04 Å². The van der Waals surface area contributed by atoms with Gasteiger partial charge < -0.3 is 5.11 Å². The summed E-state index contributed by atoms with van der Waals surface area (Å²) in [7, 11) is 0. The smallest absolute Gasteiger partial charge is 0.328 e. The van der Waals surface area contributed by atoms with Crippen molar-refractivity contribution >= 4 is 11.8 Å². The van der Waals surface area contributed by atoms with Crippen molar-refractivity contribution in [2.24, 2.45) is 5.92 Å². The highest BCUT2D eigenvalue weighted by molar-refractivity contribution is 7.99. The molecule has 1 fully saturated rings.